The Morgan fingerprint density at radius 2 is 2.20 bits per heavy atom. The molecule has 108 valence electrons. The molecular formula is C14H18N2O3S. The molecule has 0 aliphatic rings. The van der Waals surface area contributed by atoms with Crippen LogP contribution in [-0.2, 0) is 4.79 Å². The molecule has 1 rings (SSSR count). The van der Waals surface area contributed by atoms with Crippen molar-refractivity contribution in [3.63, 3.8) is 0 Å². The summed E-state index contributed by atoms with van der Waals surface area (Å²) in [4.78, 5) is 26.2. The van der Waals surface area contributed by atoms with Crippen molar-refractivity contribution >= 4 is 23.2 Å². The molecule has 0 spiro atoms. The number of rotatable bonds is 5. The number of carbonyl (C=O) groups is 2. The van der Waals surface area contributed by atoms with E-state index in [2.05, 4.69) is 17.2 Å². The number of amides is 2. The van der Waals surface area contributed by atoms with E-state index in [0.29, 0.717) is 17.8 Å². The summed E-state index contributed by atoms with van der Waals surface area (Å²) in [6, 6.07) is 3.52. The van der Waals surface area contributed by atoms with E-state index in [-0.39, 0.29) is 24.8 Å². The zero-order chi connectivity index (χ0) is 15.0. The summed E-state index contributed by atoms with van der Waals surface area (Å²) in [6.45, 7) is 0.411. The Labute approximate surface area is 122 Å². The summed E-state index contributed by atoms with van der Waals surface area (Å²) in [5.41, 5.74) is 0. The van der Waals surface area contributed by atoms with Crippen LogP contribution in [0.25, 0.3) is 0 Å². The van der Waals surface area contributed by atoms with Gasteiger partial charge in [-0.2, -0.15) is 0 Å². The zero-order valence-corrected chi connectivity index (χ0v) is 12.4. The number of nitrogens with zero attached hydrogens (tertiary/aromatic N) is 1. The Morgan fingerprint density at radius 3 is 2.85 bits per heavy atom. The number of carbonyl (C=O) groups excluding carboxylic acids is 2. The molecule has 1 aromatic heterocycles. The fourth-order valence-corrected chi connectivity index (χ4v) is 2.28. The van der Waals surface area contributed by atoms with Gasteiger partial charge in [0.25, 0.3) is 5.91 Å². The Morgan fingerprint density at radius 1 is 1.45 bits per heavy atom. The first kappa shape index (κ1) is 16.2. The third kappa shape index (κ3) is 5.03. The lowest BCUT2D eigenvalue weighted by atomic mass is 10.3. The standard InChI is InChI=1S/C14H18N2O3S/c1-15-13(18)8-9-16(2)14(19)12-7-6-11(20-12)5-3-4-10-17/h6-7,17H,4,8-10H2,1-2H3,(H,15,18). The maximum Gasteiger partial charge on any atom is 0.263 e. The summed E-state index contributed by atoms with van der Waals surface area (Å²) in [5, 5.41) is 11.2. The molecule has 0 saturated carbocycles. The van der Waals surface area contributed by atoms with Crippen LogP contribution in [0.5, 0.6) is 0 Å². The van der Waals surface area contributed by atoms with Gasteiger partial charge in [-0.3, -0.25) is 9.59 Å². The third-order valence-electron chi connectivity index (χ3n) is 2.56. The summed E-state index contributed by atoms with van der Waals surface area (Å²) >= 11 is 1.31. The lowest BCUT2D eigenvalue weighted by Crippen LogP contribution is -2.30. The number of hydrogen-bond acceptors (Lipinski definition) is 4. The van der Waals surface area contributed by atoms with Gasteiger partial charge >= 0.3 is 0 Å². The number of aliphatic hydroxyl groups excluding tert-OH is 1. The van der Waals surface area contributed by atoms with Crippen LogP contribution in [0, 0.1) is 11.8 Å². The molecule has 0 atom stereocenters. The van der Waals surface area contributed by atoms with Crippen LogP contribution < -0.4 is 5.32 Å². The van der Waals surface area contributed by atoms with E-state index < -0.39 is 0 Å². The molecule has 0 bridgehead atoms. The predicted molar refractivity (Wildman–Crippen MR) is 78.5 cm³/mol. The topological polar surface area (TPSA) is 69.6 Å². The van der Waals surface area contributed by atoms with Gasteiger partial charge in [0.1, 0.15) is 0 Å². The van der Waals surface area contributed by atoms with Gasteiger partial charge in [-0.05, 0) is 12.1 Å². The van der Waals surface area contributed by atoms with Gasteiger partial charge in [-0.25, -0.2) is 0 Å². The summed E-state index contributed by atoms with van der Waals surface area (Å²) in [5.74, 6) is 5.50. The monoisotopic (exact) mass is 294 g/mol. The molecule has 5 nitrogen and oxygen atoms in total. The van der Waals surface area contributed by atoms with E-state index in [1.807, 2.05) is 0 Å². The largest absolute Gasteiger partial charge is 0.395 e. The predicted octanol–water partition coefficient (Wildman–Crippen LogP) is 0.690. The smallest absolute Gasteiger partial charge is 0.263 e. The first-order chi connectivity index (χ1) is 9.58. The molecule has 0 aliphatic carbocycles. The third-order valence-corrected chi connectivity index (χ3v) is 3.55. The van der Waals surface area contributed by atoms with Crippen LogP contribution in [0.15, 0.2) is 12.1 Å². The fourth-order valence-electron chi connectivity index (χ4n) is 1.41. The van der Waals surface area contributed by atoms with Crippen molar-refractivity contribution in [3.8, 4) is 11.8 Å². The average molecular weight is 294 g/mol. The molecule has 20 heavy (non-hydrogen) atoms. The Balaban J connectivity index is 2.59. The SMILES string of the molecule is CNC(=O)CCN(C)C(=O)c1ccc(C#CCCO)s1. The molecule has 0 saturated heterocycles. The summed E-state index contributed by atoms with van der Waals surface area (Å²) in [7, 11) is 3.24. The molecule has 2 amide bonds. The van der Waals surface area contributed by atoms with Gasteiger partial charge in [0, 0.05) is 33.5 Å². The highest BCUT2D eigenvalue weighted by Gasteiger charge is 2.14. The van der Waals surface area contributed by atoms with Gasteiger partial charge in [0.2, 0.25) is 5.91 Å². The molecule has 1 heterocycles. The summed E-state index contributed by atoms with van der Waals surface area (Å²) < 4.78 is 0. The van der Waals surface area contributed by atoms with E-state index >= 15 is 0 Å². The molecule has 0 unspecified atom stereocenters. The molecule has 2 N–H and O–H groups in total. The first-order valence-corrected chi connectivity index (χ1v) is 7.05. The van der Waals surface area contributed by atoms with Gasteiger partial charge < -0.3 is 15.3 Å². The quantitative estimate of drug-likeness (QED) is 0.785. The second kappa shape index (κ2) is 8.35. The normalized spacial score (nSPS) is 9.55. The van der Waals surface area contributed by atoms with Gasteiger partial charge in [0.05, 0.1) is 16.4 Å². The number of hydrogen-bond donors (Lipinski definition) is 2. The minimum absolute atomic E-state index is 0.0341. The minimum Gasteiger partial charge on any atom is -0.395 e. The van der Waals surface area contributed by atoms with Gasteiger partial charge in [0.15, 0.2) is 0 Å². The summed E-state index contributed by atoms with van der Waals surface area (Å²) in [6.07, 6.45) is 0.709. The van der Waals surface area contributed by atoms with Crippen LogP contribution in [0.4, 0.5) is 0 Å². The van der Waals surface area contributed by atoms with E-state index in [4.69, 9.17) is 5.11 Å². The maximum atomic E-state index is 12.1. The molecule has 0 aliphatic heterocycles. The molecule has 0 aromatic carbocycles. The molecule has 1 aromatic rings. The highest BCUT2D eigenvalue weighted by Crippen LogP contribution is 2.17. The van der Waals surface area contributed by atoms with Crippen molar-refractivity contribution in [2.24, 2.45) is 0 Å². The number of nitrogens with one attached hydrogen (secondary N) is 1. The average Bonchev–Trinajstić information content (AvgIpc) is 2.92. The van der Waals surface area contributed by atoms with Crippen molar-refractivity contribution in [3.05, 3.63) is 21.9 Å². The van der Waals surface area contributed by atoms with Gasteiger partial charge in [-0.1, -0.05) is 11.8 Å². The van der Waals surface area contributed by atoms with Crippen molar-refractivity contribution in [1.82, 2.24) is 10.2 Å². The maximum absolute atomic E-state index is 12.1. The van der Waals surface area contributed by atoms with Crippen molar-refractivity contribution in [2.75, 3.05) is 27.2 Å². The van der Waals surface area contributed by atoms with E-state index in [9.17, 15) is 9.59 Å². The van der Waals surface area contributed by atoms with Crippen LogP contribution in [-0.4, -0.2) is 49.1 Å². The van der Waals surface area contributed by atoms with Gasteiger partial charge in [-0.15, -0.1) is 11.3 Å². The van der Waals surface area contributed by atoms with E-state index in [1.54, 1.807) is 26.2 Å². The first-order valence-electron chi connectivity index (χ1n) is 6.24. The molecule has 0 fully saturated rings. The van der Waals surface area contributed by atoms with Crippen molar-refractivity contribution in [2.45, 2.75) is 12.8 Å². The lowest BCUT2D eigenvalue weighted by Gasteiger charge is -2.15. The number of thiophene rings is 1. The molecule has 6 heteroatoms. The van der Waals surface area contributed by atoms with E-state index in [0.717, 1.165) is 4.88 Å². The zero-order valence-electron chi connectivity index (χ0n) is 11.6. The fraction of sp³-hybridized carbons (Fsp3) is 0.429. The van der Waals surface area contributed by atoms with Crippen LogP contribution in [0.1, 0.15) is 27.4 Å². The second-order valence-electron chi connectivity index (χ2n) is 4.09. The minimum atomic E-state index is -0.117. The Hall–Kier alpha value is -1.84. The van der Waals surface area contributed by atoms with Crippen LogP contribution in [0.2, 0.25) is 0 Å². The molecule has 0 radical (unpaired) electrons. The lowest BCUT2D eigenvalue weighted by molar-refractivity contribution is -0.120. The molecular weight excluding hydrogens is 276 g/mol. The van der Waals surface area contributed by atoms with Crippen molar-refractivity contribution < 1.29 is 14.7 Å². The highest BCUT2D eigenvalue weighted by molar-refractivity contribution is 7.14. The van der Waals surface area contributed by atoms with Crippen LogP contribution >= 0.6 is 11.3 Å². The number of aliphatic hydroxyl groups is 1. The highest BCUT2D eigenvalue weighted by atomic mass is 32.1. The Bertz CT molecular complexity index is 528. The van der Waals surface area contributed by atoms with E-state index in [1.165, 1.54) is 16.2 Å². The van der Waals surface area contributed by atoms with Crippen molar-refractivity contribution in [1.29, 1.82) is 0 Å². The second-order valence-corrected chi connectivity index (χ2v) is 5.17. The van der Waals surface area contributed by atoms with Crippen LogP contribution in [0.3, 0.4) is 0 Å². The Kier molecular flexibility index (Phi) is 6.77.